The molecule has 6 nitrogen and oxygen atoms in total. The van der Waals surface area contributed by atoms with E-state index >= 15 is 0 Å². The van der Waals surface area contributed by atoms with Gasteiger partial charge in [0.1, 0.15) is 5.75 Å². The summed E-state index contributed by atoms with van der Waals surface area (Å²) in [4.78, 5) is 11.6. The normalized spacial score (nSPS) is 12.3. The summed E-state index contributed by atoms with van der Waals surface area (Å²) >= 11 is 0. The molecule has 0 atom stereocenters. The van der Waals surface area contributed by atoms with Crippen molar-refractivity contribution in [2.75, 3.05) is 32.9 Å². The molecule has 0 aliphatic heterocycles. The molecular weight excluding hydrogens is 389 g/mol. The lowest BCUT2D eigenvalue weighted by atomic mass is 10.2. The van der Waals surface area contributed by atoms with Crippen LogP contribution >= 0.6 is 0 Å². The molecule has 12 heteroatoms. The molecule has 1 aromatic carbocycles. The van der Waals surface area contributed by atoms with E-state index in [9.17, 15) is 35.2 Å². The number of carbonyl (C=O) groups excluding carboxylic acids is 1. The lowest BCUT2D eigenvalue weighted by Crippen LogP contribution is -2.44. The van der Waals surface area contributed by atoms with E-state index in [4.69, 9.17) is 4.55 Å². The Morgan fingerprint density at radius 2 is 1.42 bits per heavy atom. The summed E-state index contributed by atoms with van der Waals surface area (Å²) in [7, 11) is -0.929. The largest absolute Gasteiger partial charge is 0.420 e. The van der Waals surface area contributed by atoms with E-state index in [2.05, 4.69) is 4.74 Å². The van der Waals surface area contributed by atoms with E-state index in [1.165, 1.54) is 0 Å². The van der Waals surface area contributed by atoms with Crippen LogP contribution in [-0.4, -0.2) is 56.4 Å². The van der Waals surface area contributed by atoms with Crippen LogP contribution in [0.5, 0.6) is 5.75 Å². The van der Waals surface area contributed by atoms with Crippen LogP contribution in [0.1, 0.15) is 12.8 Å². The van der Waals surface area contributed by atoms with Crippen molar-refractivity contribution >= 4 is 16.1 Å². The summed E-state index contributed by atoms with van der Waals surface area (Å²) < 4.78 is 100. The number of benzene rings is 1. The van der Waals surface area contributed by atoms with Gasteiger partial charge in [-0.1, -0.05) is 0 Å². The highest BCUT2D eigenvalue weighted by Crippen LogP contribution is 2.29. The minimum Gasteiger partial charge on any atom is -0.420 e. The third-order valence-electron chi connectivity index (χ3n) is 3.48. The van der Waals surface area contributed by atoms with Crippen molar-refractivity contribution in [1.82, 2.24) is 0 Å². The molecule has 0 radical (unpaired) electrons. The second-order valence-corrected chi connectivity index (χ2v) is 7.72. The van der Waals surface area contributed by atoms with Gasteiger partial charge >= 0.3 is 5.97 Å². The van der Waals surface area contributed by atoms with Gasteiger partial charge in [-0.25, -0.2) is 13.2 Å². The molecule has 0 saturated carbocycles. The van der Waals surface area contributed by atoms with Crippen LogP contribution in [0.3, 0.4) is 0 Å². The Balaban J connectivity index is 2.66. The van der Waals surface area contributed by atoms with E-state index in [1.54, 1.807) is 14.1 Å². The fraction of sp³-hybridized carbons (Fsp3) is 0.500. The maximum atomic E-state index is 13.4. The van der Waals surface area contributed by atoms with Crippen LogP contribution in [0.25, 0.3) is 0 Å². The maximum absolute atomic E-state index is 13.4. The summed E-state index contributed by atoms with van der Waals surface area (Å²) in [5, 5.41) is 0. The standard InChI is InChI=1S/C14H16F5NO5S/c1-20(2,6-7-26(22,23)24)5-3-4-8(21)25-14-12(18)10(16)9(15)11(17)13(14)19/h3-7H2,1-2H3/p+1. The maximum Gasteiger partial charge on any atom is 0.311 e. The van der Waals surface area contributed by atoms with Gasteiger partial charge in [-0.3, -0.25) is 9.35 Å². The Labute approximate surface area is 146 Å². The zero-order valence-electron chi connectivity index (χ0n) is 13.9. The number of carbonyl (C=O) groups is 1. The topological polar surface area (TPSA) is 80.7 Å². The Morgan fingerprint density at radius 1 is 0.962 bits per heavy atom. The highest BCUT2D eigenvalue weighted by atomic mass is 32.2. The first-order valence-electron chi connectivity index (χ1n) is 7.24. The van der Waals surface area contributed by atoms with Gasteiger partial charge in [0, 0.05) is 6.42 Å². The Morgan fingerprint density at radius 3 is 1.88 bits per heavy atom. The van der Waals surface area contributed by atoms with Crippen LogP contribution in [0.4, 0.5) is 22.0 Å². The quantitative estimate of drug-likeness (QED) is 0.136. The molecule has 0 aromatic heterocycles. The zero-order valence-corrected chi connectivity index (χ0v) is 14.7. The van der Waals surface area contributed by atoms with Gasteiger partial charge in [-0.15, -0.1) is 0 Å². The average molecular weight is 406 g/mol. The molecule has 0 spiro atoms. The zero-order chi connectivity index (χ0) is 20.3. The van der Waals surface area contributed by atoms with Crippen LogP contribution < -0.4 is 4.74 Å². The summed E-state index contributed by atoms with van der Waals surface area (Å²) in [5.41, 5.74) is 0. The minimum atomic E-state index is -4.15. The number of hydrogen-bond donors (Lipinski definition) is 1. The minimum absolute atomic E-state index is 0.0333. The number of ether oxygens (including phenoxy) is 1. The molecule has 0 fully saturated rings. The number of halogens is 5. The average Bonchev–Trinajstić information content (AvgIpc) is 2.53. The van der Waals surface area contributed by atoms with Gasteiger partial charge < -0.3 is 9.22 Å². The van der Waals surface area contributed by atoms with Gasteiger partial charge in [0.25, 0.3) is 10.1 Å². The predicted octanol–water partition coefficient (Wildman–Crippen LogP) is 2.03. The van der Waals surface area contributed by atoms with Gasteiger partial charge in [0.05, 0.1) is 33.6 Å². The molecule has 0 heterocycles. The van der Waals surface area contributed by atoms with Gasteiger partial charge in [0.15, 0.2) is 0 Å². The smallest absolute Gasteiger partial charge is 0.311 e. The molecule has 1 N–H and O–H groups in total. The van der Waals surface area contributed by atoms with E-state index in [-0.39, 0.29) is 24.0 Å². The highest BCUT2D eigenvalue weighted by molar-refractivity contribution is 7.85. The number of hydrogen-bond acceptors (Lipinski definition) is 4. The molecule has 0 unspecified atom stereocenters. The molecular formula is C14H17F5NO5S+. The van der Waals surface area contributed by atoms with Crippen molar-refractivity contribution in [3.05, 3.63) is 29.1 Å². The summed E-state index contributed by atoms with van der Waals surface area (Å²) in [6.45, 7) is 0.257. The molecule has 148 valence electrons. The lowest BCUT2D eigenvalue weighted by molar-refractivity contribution is -0.888. The van der Waals surface area contributed by atoms with Crippen molar-refractivity contribution in [2.45, 2.75) is 12.8 Å². The fourth-order valence-corrected chi connectivity index (χ4v) is 2.69. The Bertz CT molecular complexity index is 768. The van der Waals surface area contributed by atoms with Gasteiger partial charge in [-0.05, 0) is 0 Å². The highest BCUT2D eigenvalue weighted by Gasteiger charge is 2.28. The number of rotatable bonds is 8. The van der Waals surface area contributed by atoms with Crippen LogP contribution in [0, 0.1) is 29.1 Å². The predicted molar refractivity (Wildman–Crippen MR) is 79.4 cm³/mol. The Kier molecular flexibility index (Phi) is 7.08. The molecule has 0 saturated heterocycles. The van der Waals surface area contributed by atoms with E-state index in [1.807, 2.05) is 0 Å². The van der Waals surface area contributed by atoms with Crippen molar-refractivity contribution in [3.63, 3.8) is 0 Å². The monoisotopic (exact) mass is 406 g/mol. The van der Waals surface area contributed by atoms with Crippen molar-refractivity contribution in [2.24, 2.45) is 0 Å². The summed E-state index contributed by atoms with van der Waals surface area (Å²) in [6.07, 6.45) is -0.334. The van der Waals surface area contributed by atoms with Crippen molar-refractivity contribution in [3.8, 4) is 5.75 Å². The molecule has 0 amide bonds. The first-order chi connectivity index (χ1) is 11.7. The van der Waals surface area contributed by atoms with Crippen LogP contribution in [0.2, 0.25) is 0 Å². The third kappa shape index (κ3) is 6.18. The van der Waals surface area contributed by atoms with E-state index < -0.39 is 63.1 Å². The summed E-state index contributed by atoms with van der Waals surface area (Å²) in [6, 6.07) is 0. The van der Waals surface area contributed by atoms with E-state index in [0.29, 0.717) is 0 Å². The second-order valence-electron chi connectivity index (χ2n) is 6.15. The molecule has 26 heavy (non-hydrogen) atoms. The first kappa shape index (κ1) is 22.3. The SMILES string of the molecule is C[N+](C)(CCCC(=O)Oc1c(F)c(F)c(F)c(F)c1F)CCS(=O)(=O)O. The van der Waals surface area contributed by atoms with Gasteiger partial charge in [-0.2, -0.15) is 17.2 Å². The van der Waals surface area contributed by atoms with E-state index in [0.717, 1.165) is 0 Å². The molecule has 1 aromatic rings. The molecule has 1 rings (SSSR count). The third-order valence-corrected chi connectivity index (χ3v) is 4.18. The van der Waals surface area contributed by atoms with Crippen LogP contribution in [-0.2, 0) is 14.9 Å². The fourth-order valence-electron chi connectivity index (χ4n) is 1.96. The van der Waals surface area contributed by atoms with Crippen LogP contribution in [0.15, 0.2) is 0 Å². The summed E-state index contributed by atoms with van der Waals surface area (Å²) in [5.74, 6) is -14.7. The number of nitrogens with zero attached hydrogens (tertiary/aromatic N) is 1. The molecule has 0 bridgehead atoms. The molecule has 0 aliphatic carbocycles. The van der Waals surface area contributed by atoms with Gasteiger partial charge in [0.2, 0.25) is 34.8 Å². The number of quaternary nitrogens is 1. The molecule has 0 aliphatic rings. The second kappa shape index (κ2) is 8.27. The van der Waals surface area contributed by atoms with Crippen molar-refractivity contribution < 1.29 is 48.9 Å². The lowest BCUT2D eigenvalue weighted by Gasteiger charge is -2.29. The number of esters is 1. The first-order valence-corrected chi connectivity index (χ1v) is 8.85. The Hall–Kier alpha value is -1.79. The van der Waals surface area contributed by atoms with Crippen molar-refractivity contribution in [1.29, 1.82) is 0 Å².